The summed E-state index contributed by atoms with van der Waals surface area (Å²) in [7, 11) is -3.51. The van der Waals surface area contributed by atoms with Gasteiger partial charge in [0.05, 0.1) is 6.54 Å². The van der Waals surface area contributed by atoms with Gasteiger partial charge < -0.3 is 9.73 Å². The van der Waals surface area contributed by atoms with E-state index in [-0.39, 0.29) is 10.8 Å². The fraction of sp³-hybridized carbons (Fsp3) is 0.733. The Kier molecular flexibility index (Phi) is 6.43. The van der Waals surface area contributed by atoms with Gasteiger partial charge in [-0.05, 0) is 18.8 Å². The molecule has 0 radical (unpaired) electrons. The van der Waals surface area contributed by atoms with E-state index in [1.165, 1.54) is 0 Å². The Labute approximate surface area is 128 Å². The molecule has 0 aliphatic rings. The van der Waals surface area contributed by atoms with Gasteiger partial charge in [-0.2, -0.15) is 0 Å². The molecule has 5 nitrogen and oxygen atoms in total. The third kappa shape index (κ3) is 5.45. The van der Waals surface area contributed by atoms with Gasteiger partial charge in [-0.3, -0.25) is 0 Å². The van der Waals surface area contributed by atoms with E-state index in [0.29, 0.717) is 36.6 Å². The summed E-state index contributed by atoms with van der Waals surface area (Å²) in [5, 5.41) is 3.21. The summed E-state index contributed by atoms with van der Waals surface area (Å²) < 4.78 is 32.9. The molecule has 1 heterocycles. The number of hydrogen-bond acceptors (Lipinski definition) is 4. The molecule has 122 valence electrons. The number of aryl methyl sites for hydroxylation is 1. The van der Waals surface area contributed by atoms with Crippen molar-refractivity contribution in [3.63, 3.8) is 0 Å². The molecular weight excluding hydrogens is 288 g/mol. The summed E-state index contributed by atoms with van der Waals surface area (Å²) >= 11 is 0. The van der Waals surface area contributed by atoms with Crippen LogP contribution in [-0.4, -0.2) is 21.0 Å². The van der Waals surface area contributed by atoms with E-state index in [1.54, 1.807) is 13.0 Å². The predicted octanol–water partition coefficient (Wildman–Crippen LogP) is 2.66. The van der Waals surface area contributed by atoms with Crippen molar-refractivity contribution in [2.24, 2.45) is 11.8 Å². The summed E-state index contributed by atoms with van der Waals surface area (Å²) in [6, 6.07) is 1.92. The zero-order valence-corrected chi connectivity index (χ0v) is 14.7. The van der Waals surface area contributed by atoms with Gasteiger partial charge in [-0.25, -0.2) is 13.1 Å². The lowest BCUT2D eigenvalue weighted by atomic mass is 9.99. The Morgan fingerprint density at radius 1 is 1.19 bits per heavy atom. The SMILES string of the molecule is Cc1oc(CNC(C)C)cc1S(=O)(=O)NCC(C)C(C)C. The number of nitrogens with one attached hydrogen (secondary N) is 2. The Hall–Kier alpha value is -0.850. The Bertz CT molecular complexity index is 547. The highest BCUT2D eigenvalue weighted by atomic mass is 32.2. The molecule has 0 spiro atoms. The summed E-state index contributed by atoms with van der Waals surface area (Å²) in [6.45, 7) is 12.9. The molecular formula is C15H28N2O3S. The normalized spacial score (nSPS) is 14.1. The van der Waals surface area contributed by atoms with Gasteiger partial charge in [0.15, 0.2) is 0 Å². The Balaban J connectivity index is 2.79. The molecule has 0 bridgehead atoms. The van der Waals surface area contributed by atoms with E-state index in [1.807, 2.05) is 20.8 Å². The molecule has 0 fully saturated rings. The summed E-state index contributed by atoms with van der Waals surface area (Å²) in [5.41, 5.74) is 0. The number of sulfonamides is 1. The smallest absolute Gasteiger partial charge is 0.244 e. The van der Waals surface area contributed by atoms with Crippen LogP contribution in [0.3, 0.4) is 0 Å². The van der Waals surface area contributed by atoms with E-state index in [4.69, 9.17) is 4.42 Å². The van der Waals surface area contributed by atoms with Crippen molar-refractivity contribution in [1.29, 1.82) is 0 Å². The second kappa shape index (κ2) is 7.42. The van der Waals surface area contributed by atoms with E-state index in [2.05, 4.69) is 23.9 Å². The highest BCUT2D eigenvalue weighted by Crippen LogP contribution is 2.20. The molecule has 21 heavy (non-hydrogen) atoms. The maximum Gasteiger partial charge on any atom is 0.244 e. The minimum absolute atomic E-state index is 0.235. The predicted molar refractivity (Wildman–Crippen MR) is 84.6 cm³/mol. The van der Waals surface area contributed by atoms with Gasteiger partial charge >= 0.3 is 0 Å². The van der Waals surface area contributed by atoms with Crippen LogP contribution in [0.2, 0.25) is 0 Å². The van der Waals surface area contributed by atoms with Crippen LogP contribution in [0, 0.1) is 18.8 Å². The molecule has 0 amide bonds. The molecule has 0 saturated heterocycles. The van der Waals surface area contributed by atoms with Crippen molar-refractivity contribution in [2.45, 2.75) is 59.0 Å². The number of furan rings is 1. The van der Waals surface area contributed by atoms with Crippen molar-refractivity contribution in [3.05, 3.63) is 17.6 Å². The molecule has 0 aromatic carbocycles. The number of rotatable bonds is 8. The third-order valence-electron chi connectivity index (χ3n) is 3.63. The van der Waals surface area contributed by atoms with E-state index >= 15 is 0 Å². The first kappa shape index (κ1) is 18.2. The van der Waals surface area contributed by atoms with Gasteiger partial charge in [-0.1, -0.05) is 34.6 Å². The Morgan fingerprint density at radius 3 is 2.33 bits per heavy atom. The minimum Gasteiger partial charge on any atom is -0.464 e. The molecule has 1 aromatic heterocycles. The summed E-state index contributed by atoms with van der Waals surface area (Å²) in [6.07, 6.45) is 0. The van der Waals surface area contributed by atoms with Crippen molar-refractivity contribution >= 4 is 10.0 Å². The second-order valence-electron chi connectivity index (χ2n) is 6.24. The molecule has 0 aliphatic carbocycles. The monoisotopic (exact) mass is 316 g/mol. The lowest BCUT2D eigenvalue weighted by Crippen LogP contribution is -2.30. The standard InChI is InChI=1S/C15H28N2O3S/c1-10(2)12(5)8-17-21(18,19)15-7-14(20-13(15)6)9-16-11(3)4/h7,10-12,16-17H,8-9H2,1-6H3. The van der Waals surface area contributed by atoms with Crippen molar-refractivity contribution < 1.29 is 12.8 Å². The third-order valence-corrected chi connectivity index (χ3v) is 5.16. The van der Waals surface area contributed by atoms with Crippen LogP contribution < -0.4 is 10.0 Å². The average molecular weight is 316 g/mol. The van der Waals surface area contributed by atoms with Crippen molar-refractivity contribution in [1.82, 2.24) is 10.0 Å². The van der Waals surface area contributed by atoms with Gasteiger partial charge in [0.1, 0.15) is 16.4 Å². The maximum absolute atomic E-state index is 12.3. The van der Waals surface area contributed by atoms with Crippen LogP contribution in [0.1, 0.15) is 46.1 Å². The Morgan fingerprint density at radius 2 is 1.81 bits per heavy atom. The highest BCUT2D eigenvalue weighted by molar-refractivity contribution is 7.89. The summed E-state index contributed by atoms with van der Waals surface area (Å²) in [5.74, 6) is 1.79. The highest BCUT2D eigenvalue weighted by Gasteiger charge is 2.22. The summed E-state index contributed by atoms with van der Waals surface area (Å²) in [4.78, 5) is 0.235. The molecule has 1 atom stereocenters. The number of hydrogen-bond donors (Lipinski definition) is 2. The van der Waals surface area contributed by atoms with Gasteiger partial charge in [0.2, 0.25) is 10.0 Å². The lowest BCUT2D eigenvalue weighted by molar-refractivity contribution is 0.414. The van der Waals surface area contributed by atoms with Crippen LogP contribution in [0.4, 0.5) is 0 Å². The molecule has 2 N–H and O–H groups in total. The van der Waals surface area contributed by atoms with E-state index < -0.39 is 10.0 Å². The van der Waals surface area contributed by atoms with Gasteiger partial charge in [0.25, 0.3) is 0 Å². The fourth-order valence-corrected chi connectivity index (χ4v) is 3.08. The minimum atomic E-state index is -3.51. The van der Waals surface area contributed by atoms with Gasteiger partial charge in [0, 0.05) is 18.7 Å². The largest absolute Gasteiger partial charge is 0.464 e. The van der Waals surface area contributed by atoms with Gasteiger partial charge in [-0.15, -0.1) is 0 Å². The molecule has 0 aliphatic heterocycles. The van der Waals surface area contributed by atoms with Crippen molar-refractivity contribution in [2.75, 3.05) is 6.54 Å². The molecule has 0 saturated carbocycles. The van der Waals surface area contributed by atoms with Crippen molar-refractivity contribution in [3.8, 4) is 0 Å². The molecule has 1 unspecified atom stereocenters. The average Bonchev–Trinajstić information content (AvgIpc) is 2.75. The lowest BCUT2D eigenvalue weighted by Gasteiger charge is -2.15. The fourth-order valence-electron chi connectivity index (χ4n) is 1.74. The first-order chi connectivity index (χ1) is 9.63. The topological polar surface area (TPSA) is 71.3 Å². The quantitative estimate of drug-likeness (QED) is 0.773. The van der Waals surface area contributed by atoms with Crippen LogP contribution in [0.15, 0.2) is 15.4 Å². The first-order valence-electron chi connectivity index (χ1n) is 7.45. The van der Waals surface area contributed by atoms with Crippen LogP contribution in [0.5, 0.6) is 0 Å². The second-order valence-corrected chi connectivity index (χ2v) is 7.98. The van der Waals surface area contributed by atoms with Crippen LogP contribution in [0.25, 0.3) is 0 Å². The maximum atomic E-state index is 12.3. The molecule has 1 rings (SSSR count). The zero-order chi connectivity index (χ0) is 16.2. The van der Waals surface area contributed by atoms with E-state index in [9.17, 15) is 8.42 Å². The zero-order valence-electron chi connectivity index (χ0n) is 13.9. The molecule has 1 aromatic rings. The molecule has 6 heteroatoms. The van der Waals surface area contributed by atoms with E-state index in [0.717, 1.165) is 0 Å². The van der Waals surface area contributed by atoms with Crippen LogP contribution >= 0.6 is 0 Å². The first-order valence-corrected chi connectivity index (χ1v) is 8.94. The van der Waals surface area contributed by atoms with Crippen LogP contribution in [-0.2, 0) is 16.6 Å².